The average Bonchev–Trinajstić information content (AvgIpc) is 2.05. The van der Waals surface area contributed by atoms with Gasteiger partial charge in [-0.25, -0.2) is 0 Å². The van der Waals surface area contributed by atoms with Gasteiger partial charge in [0.25, 0.3) is 0 Å². The third kappa shape index (κ3) is 3.15. The van der Waals surface area contributed by atoms with E-state index in [0.717, 1.165) is 10.6 Å². The van der Waals surface area contributed by atoms with Crippen LogP contribution in [-0.2, 0) is 0 Å². The first-order valence-electron chi connectivity index (χ1n) is 3.85. The molecule has 1 aromatic carbocycles. The molecule has 0 aliphatic rings. The van der Waals surface area contributed by atoms with Gasteiger partial charge in [-0.05, 0) is 18.2 Å². The molecular formula is C9H12O2S. The van der Waals surface area contributed by atoms with Crippen molar-refractivity contribution in [3.8, 4) is 5.75 Å². The fourth-order valence-electron chi connectivity index (χ4n) is 0.828. The van der Waals surface area contributed by atoms with E-state index in [1.807, 2.05) is 24.3 Å². The number of hydrogen-bond donors (Lipinski definition) is 2. The average molecular weight is 184 g/mol. The lowest BCUT2D eigenvalue weighted by atomic mass is 10.3. The van der Waals surface area contributed by atoms with Crippen molar-refractivity contribution in [3.05, 3.63) is 24.3 Å². The topological polar surface area (TPSA) is 29.5 Å². The standard InChI is InChI=1S/C9H12O2S/c10-5-2-6-11-8-3-1-4-9(12)7-8/h1,3-4,7,10,12H,2,5-6H2. The van der Waals surface area contributed by atoms with Gasteiger partial charge in [0.15, 0.2) is 0 Å². The number of ether oxygens (including phenoxy) is 1. The maximum Gasteiger partial charge on any atom is 0.120 e. The predicted molar refractivity (Wildman–Crippen MR) is 50.9 cm³/mol. The highest BCUT2D eigenvalue weighted by Crippen LogP contribution is 2.15. The van der Waals surface area contributed by atoms with Gasteiger partial charge in [0, 0.05) is 17.9 Å². The molecule has 2 nitrogen and oxygen atoms in total. The Bertz CT molecular complexity index is 238. The molecule has 0 radical (unpaired) electrons. The second-order valence-electron chi connectivity index (χ2n) is 2.42. The van der Waals surface area contributed by atoms with Gasteiger partial charge >= 0.3 is 0 Å². The highest BCUT2D eigenvalue weighted by molar-refractivity contribution is 7.80. The van der Waals surface area contributed by atoms with Crippen molar-refractivity contribution >= 4 is 12.6 Å². The van der Waals surface area contributed by atoms with Crippen LogP contribution in [0.2, 0.25) is 0 Å². The van der Waals surface area contributed by atoms with Crippen LogP contribution in [0.5, 0.6) is 5.75 Å². The van der Waals surface area contributed by atoms with Crippen LogP contribution in [0.3, 0.4) is 0 Å². The summed E-state index contributed by atoms with van der Waals surface area (Å²) in [4.78, 5) is 0.886. The zero-order valence-electron chi connectivity index (χ0n) is 6.73. The van der Waals surface area contributed by atoms with Gasteiger partial charge in [-0.1, -0.05) is 6.07 Å². The lowest BCUT2D eigenvalue weighted by Gasteiger charge is -2.04. The minimum atomic E-state index is 0.167. The van der Waals surface area contributed by atoms with Gasteiger partial charge in [-0.2, -0.15) is 0 Å². The Hall–Kier alpha value is -0.670. The van der Waals surface area contributed by atoms with Crippen LogP contribution in [0.15, 0.2) is 29.2 Å². The largest absolute Gasteiger partial charge is 0.493 e. The fraction of sp³-hybridized carbons (Fsp3) is 0.333. The van der Waals surface area contributed by atoms with E-state index in [4.69, 9.17) is 9.84 Å². The van der Waals surface area contributed by atoms with Crippen molar-refractivity contribution in [1.82, 2.24) is 0 Å². The maximum absolute atomic E-state index is 8.50. The molecule has 66 valence electrons. The molecule has 0 amide bonds. The van der Waals surface area contributed by atoms with Gasteiger partial charge < -0.3 is 9.84 Å². The Labute approximate surface area is 77.6 Å². The molecule has 0 spiro atoms. The summed E-state index contributed by atoms with van der Waals surface area (Å²) in [6.07, 6.45) is 0.663. The van der Waals surface area contributed by atoms with Crippen LogP contribution in [0, 0.1) is 0 Å². The van der Waals surface area contributed by atoms with Crippen LogP contribution in [0.1, 0.15) is 6.42 Å². The molecule has 0 saturated heterocycles. The van der Waals surface area contributed by atoms with Gasteiger partial charge in [0.2, 0.25) is 0 Å². The van der Waals surface area contributed by atoms with Crippen molar-refractivity contribution in [2.75, 3.05) is 13.2 Å². The molecule has 3 heteroatoms. The van der Waals surface area contributed by atoms with Crippen molar-refractivity contribution < 1.29 is 9.84 Å². The molecule has 0 fully saturated rings. The van der Waals surface area contributed by atoms with E-state index >= 15 is 0 Å². The summed E-state index contributed by atoms with van der Waals surface area (Å²) < 4.78 is 5.32. The van der Waals surface area contributed by atoms with E-state index in [0.29, 0.717) is 13.0 Å². The molecule has 0 aromatic heterocycles. The predicted octanol–water partition coefficient (Wildman–Crippen LogP) is 1.74. The number of aliphatic hydroxyl groups excluding tert-OH is 1. The summed E-state index contributed by atoms with van der Waals surface area (Å²) in [5, 5.41) is 8.50. The molecule has 12 heavy (non-hydrogen) atoms. The Morgan fingerprint density at radius 1 is 1.42 bits per heavy atom. The summed E-state index contributed by atoms with van der Waals surface area (Å²) in [6, 6.07) is 7.50. The highest BCUT2D eigenvalue weighted by atomic mass is 32.1. The number of hydrogen-bond acceptors (Lipinski definition) is 3. The third-order valence-corrected chi connectivity index (χ3v) is 1.67. The fourth-order valence-corrected chi connectivity index (χ4v) is 1.04. The zero-order valence-corrected chi connectivity index (χ0v) is 7.63. The van der Waals surface area contributed by atoms with Crippen LogP contribution >= 0.6 is 12.6 Å². The second kappa shape index (κ2) is 5.06. The molecule has 0 bridgehead atoms. The number of rotatable bonds is 4. The van der Waals surface area contributed by atoms with Crippen molar-refractivity contribution in [3.63, 3.8) is 0 Å². The first kappa shape index (κ1) is 9.42. The second-order valence-corrected chi connectivity index (χ2v) is 2.94. The van der Waals surface area contributed by atoms with Crippen molar-refractivity contribution in [2.45, 2.75) is 11.3 Å². The Morgan fingerprint density at radius 3 is 2.92 bits per heavy atom. The van der Waals surface area contributed by atoms with Crippen LogP contribution in [0.4, 0.5) is 0 Å². The lowest BCUT2D eigenvalue weighted by molar-refractivity contribution is 0.233. The summed E-state index contributed by atoms with van der Waals surface area (Å²) in [5.41, 5.74) is 0. The third-order valence-electron chi connectivity index (χ3n) is 1.39. The van der Waals surface area contributed by atoms with E-state index in [9.17, 15) is 0 Å². The van der Waals surface area contributed by atoms with E-state index in [1.54, 1.807) is 0 Å². The normalized spacial score (nSPS) is 9.83. The summed E-state index contributed by atoms with van der Waals surface area (Å²) in [5.74, 6) is 0.802. The summed E-state index contributed by atoms with van der Waals surface area (Å²) in [6.45, 7) is 0.717. The van der Waals surface area contributed by atoms with Gasteiger partial charge in [-0.3, -0.25) is 0 Å². The zero-order chi connectivity index (χ0) is 8.81. The van der Waals surface area contributed by atoms with Crippen molar-refractivity contribution in [1.29, 1.82) is 0 Å². The smallest absolute Gasteiger partial charge is 0.120 e. The molecule has 0 saturated carbocycles. The molecular weight excluding hydrogens is 172 g/mol. The van der Waals surface area contributed by atoms with E-state index < -0.39 is 0 Å². The molecule has 0 aliphatic carbocycles. The molecule has 0 unspecified atom stereocenters. The van der Waals surface area contributed by atoms with Gasteiger partial charge in [0.1, 0.15) is 5.75 Å². The first-order chi connectivity index (χ1) is 5.83. The van der Waals surface area contributed by atoms with Gasteiger partial charge in [0.05, 0.1) is 6.61 Å². The van der Waals surface area contributed by atoms with Crippen molar-refractivity contribution in [2.24, 2.45) is 0 Å². The molecule has 0 atom stereocenters. The minimum Gasteiger partial charge on any atom is -0.493 e. The number of thiol groups is 1. The Balaban J connectivity index is 2.41. The first-order valence-corrected chi connectivity index (χ1v) is 4.30. The summed E-state index contributed by atoms with van der Waals surface area (Å²) >= 11 is 4.17. The Morgan fingerprint density at radius 2 is 2.25 bits per heavy atom. The van der Waals surface area contributed by atoms with E-state index in [2.05, 4.69) is 12.6 Å². The molecule has 1 aromatic rings. The minimum absolute atomic E-state index is 0.167. The monoisotopic (exact) mass is 184 g/mol. The number of aliphatic hydroxyl groups is 1. The maximum atomic E-state index is 8.50. The molecule has 0 heterocycles. The molecule has 0 aliphatic heterocycles. The molecule has 1 rings (SSSR count). The highest BCUT2D eigenvalue weighted by Gasteiger charge is 1.92. The van der Waals surface area contributed by atoms with Crippen LogP contribution in [0.25, 0.3) is 0 Å². The quantitative estimate of drug-likeness (QED) is 0.551. The SMILES string of the molecule is OCCCOc1cccc(S)c1. The Kier molecular flexibility index (Phi) is 3.97. The van der Waals surface area contributed by atoms with Crippen LogP contribution < -0.4 is 4.74 Å². The molecule has 1 N–H and O–H groups in total. The number of benzene rings is 1. The van der Waals surface area contributed by atoms with Crippen LogP contribution in [-0.4, -0.2) is 18.3 Å². The van der Waals surface area contributed by atoms with Gasteiger partial charge in [-0.15, -0.1) is 12.6 Å². The lowest BCUT2D eigenvalue weighted by Crippen LogP contribution is -1.99. The van der Waals surface area contributed by atoms with E-state index in [-0.39, 0.29) is 6.61 Å². The summed E-state index contributed by atoms with van der Waals surface area (Å²) in [7, 11) is 0. The van der Waals surface area contributed by atoms with E-state index in [1.165, 1.54) is 0 Å².